The van der Waals surface area contributed by atoms with Crippen molar-refractivity contribution < 1.29 is 4.79 Å². The lowest BCUT2D eigenvalue weighted by molar-refractivity contribution is 0.0685. The Bertz CT molecular complexity index is 689. The van der Waals surface area contributed by atoms with Gasteiger partial charge in [-0.15, -0.1) is 21.5 Å². The predicted molar refractivity (Wildman–Crippen MR) is 97.5 cm³/mol. The van der Waals surface area contributed by atoms with Crippen LogP contribution in [0.3, 0.4) is 0 Å². The minimum Gasteiger partial charge on any atom is -0.355 e. The lowest BCUT2D eigenvalue weighted by atomic mass is 10.2. The molecular formula is C18H24N4OS. The third kappa shape index (κ3) is 3.59. The Morgan fingerprint density at radius 3 is 2.54 bits per heavy atom. The number of aromatic nitrogens is 2. The van der Waals surface area contributed by atoms with E-state index in [0.717, 1.165) is 18.9 Å². The molecule has 0 unspecified atom stereocenters. The second-order valence-corrected chi connectivity index (χ2v) is 7.53. The number of hydrogen-bond acceptors (Lipinski definition) is 5. The van der Waals surface area contributed by atoms with Crippen LogP contribution in [0.1, 0.15) is 47.6 Å². The van der Waals surface area contributed by atoms with E-state index in [9.17, 15) is 4.79 Å². The summed E-state index contributed by atoms with van der Waals surface area (Å²) in [6.07, 6.45) is 2.40. The molecule has 1 fully saturated rings. The maximum Gasteiger partial charge on any atom is 0.274 e. The van der Waals surface area contributed by atoms with Crippen molar-refractivity contribution in [3.8, 4) is 0 Å². The Labute approximate surface area is 147 Å². The molecular weight excluding hydrogens is 320 g/mol. The van der Waals surface area contributed by atoms with E-state index in [0.29, 0.717) is 12.2 Å². The summed E-state index contributed by atoms with van der Waals surface area (Å²) in [5.41, 5.74) is 1.65. The van der Waals surface area contributed by atoms with Crippen LogP contribution in [0.25, 0.3) is 0 Å². The molecule has 0 bridgehead atoms. The van der Waals surface area contributed by atoms with Crippen LogP contribution < -0.4 is 4.90 Å². The molecule has 0 atom stereocenters. The zero-order chi connectivity index (χ0) is 17.1. The highest BCUT2D eigenvalue weighted by Gasteiger charge is 2.22. The van der Waals surface area contributed by atoms with Gasteiger partial charge in [-0.1, -0.05) is 0 Å². The van der Waals surface area contributed by atoms with Crippen molar-refractivity contribution in [2.24, 2.45) is 0 Å². The largest absolute Gasteiger partial charge is 0.355 e. The number of thiophene rings is 1. The van der Waals surface area contributed by atoms with E-state index in [1.807, 2.05) is 24.8 Å². The lowest BCUT2D eigenvalue weighted by Crippen LogP contribution is -2.37. The van der Waals surface area contributed by atoms with Crippen LogP contribution in [0, 0.1) is 6.92 Å². The lowest BCUT2D eigenvalue weighted by Gasteiger charge is -2.26. The summed E-state index contributed by atoms with van der Waals surface area (Å²) >= 11 is 1.69. The molecule has 2 aromatic rings. The first-order chi connectivity index (χ1) is 11.6. The molecule has 1 aliphatic rings. The van der Waals surface area contributed by atoms with E-state index in [1.54, 1.807) is 17.4 Å². The number of amides is 1. The zero-order valence-electron chi connectivity index (χ0n) is 14.5. The molecule has 0 aromatic carbocycles. The van der Waals surface area contributed by atoms with Crippen LogP contribution in [-0.2, 0) is 6.54 Å². The van der Waals surface area contributed by atoms with Crippen molar-refractivity contribution in [1.82, 2.24) is 15.1 Å². The number of nitrogens with zero attached hydrogens (tertiary/aromatic N) is 4. The highest BCUT2D eigenvalue weighted by molar-refractivity contribution is 7.10. The maximum atomic E-state index is 12.9. The average Bonchev–Trinajstić information content (AvgIpc) is 3.24. The first-order valence-corrected chi connectivity index (χ1v) is 9.37. The molecule has 0 aliphatic carbocycles. The van der Waals surface area contributed by atoms with Gasteiger partial charge in [-0.05, 0) is 62.8 Å². The molecule has 6 heteroatoms. The fourth-order valence-electron chi connectivity index (χ4n) is 2.91. The van der Waals surface area contributed by atoms with Crippen LogP contribution >= 0.6 is 11.3 Å². The fraction of sp³-hybridized carbons (Fsp3) is 0.500. The summed E-state index contributed by atoms with van der Waals surface area (Å²) in [6, 6.07) is 5.92. The van der Waals surface area contributed by atoms with Gasteiger partial charge in [0.15, 0.2) is 11.5 Å². The molecule has 3 heterocycles. The van der Waals surface area contributed by atoms with Gasteiger partial charge >= 0.3 is 0 Å². The monoisotopic (exact) mass is 344 g/mol. The minimum absolute atomic E-state index is 0.0572. The number of rotatable bonds is 5. The molecule has 0 spiro atoms. The molecule has 1 saturated heterocycles. The van der Waals surface area contributed by atoms with Crippen LogP contribution in [0.4, 0.5) is 5.82 Å². The summed E-state index contributed by atoms with van der Waals surface area (Å²) in [7, 11) is 0. The van der Waals surface area contributed by atoms with Crippen molar-refractivity contribution in [1.29, 1.82) is 0 Å². The second kappa shape index (κ2) is 7.30. The number of aryl methyl sites for hydroxylation is 1. The van der Waals surface area contributed by atoms with E-state index in [1.165, 1.54) is 23.3 Å². The van der Waals surface area contributed by atoms with E-state index in [2.05, 4.69) is 33.5 Å². The standard InChI is InChI=1S/C18H24N4OS/c1-13(2)22(12-16-14(3)8-11-24-16)18(23)15-6-7-17(20-19-15)21-9-4-5-10-21/h6-8,11,13H,4-5,9-10,12H2,1-3H3. The van der Waals surface area contributed by atoms with Crippen LogP contribution in [-0.4, -0.2) is 40.1 Å². The fourth-order valence-corrected chi connectivity index (χ4v) is 3.81. The van der Waals surface area contributed by atoms with Gasteiger partial charge < -0.3 is 9.80 Å². The normalized spacial score (nSPS) is 14.4. The van der Waals surface area contributed by atoms with Crippen LogP contribution in [0.2, 0.25) is 0 Å². The van der Waals surface area contributed by atoms with E-state index >= 15 is 0 Å². The SMILES string of the molecule is Cc1ccsc1CN(C(=O)c1ccc(N2CCCC2)nn1)C(C)C. The summed E-state index contributed by atoms with van der Waals surface area (Å²) < 4.78 is 0. The van der Waals surface area contributed by atoms with Crippen molar-refractivity contribution in [2.75, 3.05) is 18.0 Å². The van der Waals surface area contributed by atoms with Gasteiger partial charge in [0, 0.05) is 24.0 Å². The quantitative estimate of drug-likeness (QED) is 0.833. The Hall–Kier alpha value is -1.95. The summed E-state index contributed by atoms with van der Waals surface area (Å²) in [5, 5.41) is 10.5. The molecule has 3 rings (SSSR count). The topological polar surface area (TPSA) is 49.3 Å². The molecule has 5 nitrogen and oxygen atoms in total. The summed E-state index contributed by atoms with van der Waals surface area (Å²) in [4.78, 5) is 18.2. The van der Waals surface area contributed by atoms with Gasteiger partial charge in [0.25, 0.3) is 5.91 Å². The molecule has 2 aromatic heterocycles. The third-order valence-corrected chi connectivity index (χ3v) is 5.47. The van der Waals surface area contributed by atoms with E-state index in [-0.39, 0.29) is 11.9 Å². The Morgan fingerprint density at radius 2 is 2.00 bits per heavy atom. The molecule has 0 radical (unpaired) electrons. The van der Waals surface area contributed by atoms with Gasteiger partial charge in [0.1, 0.15) is 0 Å². The third-order valence-electron chi connectivity index (χ3n) is 4.47. The van der Waals surface area contributed by atoms with Crippen molar-refractivity contribution in [3.05, 3.63) is 39.7 Å². The van der Waals surface area contributed by atoms with Crippen molar-refractivity contribution in [3.63, 3.8) is 0 Å². The molecule has 1 aliphatic heterocycles. The Morgan fingerprint density at radius 1 is 1.25 bits per heavy atom. The number of carbonyl (C=O) groups excluding carboxylic acids is 1. The Kier molecular flexibility index (Phi) is 5.14. The van der Waals surface area contributed by atoms with Crippen LogP contribution in [0.15, 0.2) is 23.6 Å². The van der Waals surface area contributed by atoms with Crippen molar-refractivity contribution in [2.45, 2.75) is 46.2 Å². The molecule has 24 heavy (non-hydrogen) atoms. The highest BCUT2D eigenvalue weighted by Crippen LogP contribution is 2.21. The smallest absolute Gasteiger partial charge is 0.274 e. The number of hydrogen-bond donors (Lipinski definition) is 0. The van der Waals surface area contributed by atoms with Gasteiger partial charge in [0.05, 0.1) is 6.54 Å². The Balaban J connectivity index is 1.75. The predicted octanol–water partition coefficient (Wildman–Crippen LogP) is 3.50. The average molecular weight is 344 g/mol. The van der Waals surface area contributed by atoms with Crippen LogP contribution in [0.5, 0.6) is 0 Å². The maximum absolute atomic E-state index is 12.9. The van der Waals surface area contributed by atoms with Gasteiger partial charge in [-0.25, -0.2) is 0 Å². The number of carbonyl (C=O) groups is 1. The molecule has 0 saturated carbocycles. The molecule has 128 valence electrons. The van der Waals surface area contributed by atoms with Gasteiger partial charge in [-0.2, -0.15) is 0 Å². The summed E-state index contributed by atoms with van der Waals surface area (Å²) in [5.74, 6) is 0.813. The number of anilines is 1. The highest BCUT2D eigenvalue weighted by atomic mass is 32.1. The van der Waals surface area contributed by atoms with Gasteiger partial charge in [-0.3, -0.25) is 4.79 Å². The summed E-state index contributed by atoms with van der Waals surface area (Å²) in [6.45, 7) is 8.82. The first kappa shape index (κ1) is 16.9. The second-order valence-electron chi connectivity index (χ2n) is 6.52. The molecule has 1 amide bonds. The van der Waals surface area contributed by atoms with E-state index in [4.69, 9.17) is 0 Å². The molecule has 0 N–H and O–H groups in total. The minimum atomic E-state index is -0.0572. The zero-order valence-corrected chi connectivity index (χ0v) is 15.3. The van der Waals surface area contributed by atoms with Crippen molar-refractivity contribution >= 4 is 23.1 Å². The van der Waals surface area contributed by atoms with E-state index < -0.39 is 0 Å². The van der Waals surface area contributed by atoms with Gasteiger partial charge in [0.2, 0.25) is 0 Å². The first-order valence-electron chi connectivity index (χ1n) is 8.49.